The van der Waals surface area contributed by atoms with E-state index >= 15 is 0 Å². The number of hydrogen-bond acceptors (Lipinski definition) is 3. The number of carbonyl (C=O) groups is 1. The van der Waals surface area contributed by atoms with Crippen LogP contribution in [0.1, 0.15) is 39.5 Å². The lowest BCUT2D eigenvalue weighted by Gasteiger charge is -2.36. The number of aromatic amines is 1. The van der Waals surface area contributed by atoms with Crippen molar-refractivity contribution in [2.24, 2.45) is 0 Å². The zero-order valence-electron chi connectivity index (χ0n) is 16.2. The summed E-state index contributed by atoms with van der Waals surface area (Å²) in [4.78, 5) is 19.7. The minimum Gasteiger partial charge on any atom is -0.494 e. The summed E-state index contributed by atoms with van der Waals surface area (Å²) in [6.07, 6.45) is 0.851. The molecule has 0 bridgehead atoms. The highest BCUT2D eigenvalue weighted by atomic mass is 32.1. The molecule has 146 valence electrons. The second-order valence-electron chi connectivity index (χ2n) is 7.19. The van der Waals surface area contributed by atoms with Gasteiger partial charge in [0.2, 0.25) is 0 Å². The molecule has 1 aliphatic heterocycles. The topological polar surface area (TPSA) is 45.3 Å². The van der Waals surface area contributed by atoms with Gasteiger partial charge >= 0.3 is 0 Å². The Kier molecular flexibility index (Phi) is 4.60. The Morgan fingerprint density at radius 3 is 2.72 bits per heavy atom. The van der Waals surface area contributed by atoms with E-state index in [2.05, 4.69) is 35.3 Å². The second kappa shape index (κ2) is 7.41. The number of para-hydroxylation sites is 1. The van der Waals surface area contributed by atoms with Crippen molar-refractivity contribution in [1.29, 1.82) is 0 Å². The first kappa shape index (κ1) is 18.0. The molecule has 2 aromatic heterocycles. The first-order valence-corrected chi connectivity index (χ1v) is 10.8. The van der Waals surface area contributed by atoms with Crippen molar-refractivity contribution >= 4 is 28.1 Å². The van der Waals surface area contributed by atoms with Crippen LogP contribution in [0.5, 0.6) is 5.75 Å². The lowest BCUT2D eigenvalue weighted by Crippen LogP contribution is -2.40. The molecule has 0 saturated heterocycles. The van der Waals surface area contributed by atoms with Crippen LogP contribution >= 0.6 is 11.3 Å². The van der Waals surface area contributed by atoms with Crippen LogP contribution in [0.25, 0.3) is 10.9 Å². The van der Waals surface area contributed by atoms with Crippen molar-refractivity contribution in [2.75, 3.05) is 13.2 Å². The van der Waals surface area contributed by atoms with E-state index < -0.39 is 0 Å². The van der Waals surface area contributed by atoms with Crippen molar-refractivity contribution in [3.8, 4) is 5.75 Å². The monoisotopic (exact) mass is 402 g/mol. The van der Waals surface area contributed by atoms with E-state index in [0.717, 1.165) is 33.8 Å². The minimum atomic E-state index is -0.142. The van der Waals surface area contributed by atoms with Gasteiger partial charge in [0, 0.05) is 23.1 Å². The summed E-state index contributed by atoms with van der Waals surface area (Å²) in [5.41, 5.74) is 4.64. The van der Waals surface area contributed by atoms with E-state index in [4.69, 9.17) is 4.74 Å². The lowest BCUT2D eigenvalue weighted by molar-refractivity contribution is 0.0697. The summed E-state index contributed by atoms with van der Waals surface area (Å²) in [7, 11) is 0. The number of carbonyl (C=O) groups excluding carboxylic acids is 1. The van der Waals surface area contributed by atoms with Gasteiger partial charge in [0.05, 0.1) is 17.5 Å². The molecule has 3 heterocycles. The highest BCUT2D eigenvalue weighted by Gasteiger charge is 2.35. The van der Waals surface area contributed by atoms with Gasteiger partial charge in [-0.05, 0) is 54.1 Å². The third-order valence-electron chi connectivity index (χ3n) is 5.53. The van der Waals surface area contributed by atoms with Crippen molar-refractivity contribution in [3.05, 3.63) is 87.7 Å². The van der Waals surface area contributed by atoms with Crippen LogP contribution in [0, 0.1) is 0 Å². The Bertz CT molecular complexity index is 1150. The van der Waals surface area contributed by atoms with Crippen LogP contribution in [0.2, 0.25) is 0 Å². The molecule has 4 nitrogen and oxygen atoms in total. The quantitative estimate of drug-likeness (QED) is 0.496. The molecule has 1 atom stereocenters. The standard InChI is InChI=1S/C24H22N2O2S/c1-2-28-17-11-9-16(10-12-17)23-22-19(18-6-3-4-7-20(18)25-22)13-14-26(23)24(27)21-8-5-15-29-21/h3-12,15,23,25H,2,13-14H2,1H3. The number of rotatable bonds is 4. The van der Waals surface area contributed by atoms with Crippen LogP contribution in [0.4, 0.5) is 0 Å². The average Bonchev–Trinajstić information content (AvgIpc) is 3.41. The Labute approximate surface area is 173 Å². The predicted octanol–water partition coefficient (Wildman–Crippen LogP) is 5.42. The maximum absolute atomic E-state index is 13.3. The number of ether oxygens (including phenoxy) is 1. The first-order chi connectivity index (χ1) is 14.3. The number of thiophene rings is 1. The molecule has 1 unspecified atom stereocenters. The highest BCUT2D eigenvalue weighted by molar-refractivity contribution is 7.12. The van der Waals surface area contributed by atoms with Gasteiger partial charge in [-0.1, -0.05) is 36.4 Å². The molecule has 5 heteroatoms. The van der Waals surface area contributed by atoms with Crippen molar-refractivity contribution < 1.29 is 9.53 Å². The summed E-state index contributed by atoms with van der Waals surface area (Å²) in [5.74, 6) is 0.934. The van der Waals surface area contributed by atoms with Gasteiger partial charge in [-0.25, -0.2) is 0 Å². The van der Waals surface area contributed by atoms with Crippen molar-refractivity contribution in [2.45, 2.75) is 19.4 Å². The van der Waals surface area contributed by atoms with Gasteiger partial charge in [0.1, 0.15) is 5.75 Å². The summed E-state index contributed by atoms with van der Waals surface area (Å²) >= 11 is 1.50. The van der Waals surface area contributed by atoms with Gasteiger partial charge < -0.3 is 14.6 Å². The molecule has 0 spiro atoms. The van der Waals surface area contributed by atoms with Crippen LogP contribution in [-0.2, 0) is 6.42 Å². The Morgan fingerprint density at radius 2 is 1.97 bits per heavy atom. The number of hydrogen-bond donors (Lipinski definition) is 1. The average molecular weight is 403 g/mol. The van der Waals surface area contributed by atoms with E-state index in [1.807, 2.05) is 47.5 Å². The third kappa shape index (κ3) is 3.12. The molecule has 0 aliphatic carbocycles. The largest absolute Gasteiger partial charge is 0.494 e. The minimum absolute atomic E-state index is 0.0863. The summed E-state index contributed by atoms with van der Waals surface area (Å²) in [6, 6.07) is 20.2. The van der Waals surface area contributed by atoms with Gasteiger partial charge in [-0.3, -0.25) is 4.79 Å². The van der Waals surface area contributed by atoms with Crippen LogP contribution < -0.4 is 4.74 Å². The molecule has 1 aliphatic rings. The Balaban J connectivity index is 1.63. The fourth-order valence-electron chi connectivity index (χ4n) is 4.26. The molecule has 29 heavy (non-hydrogen) atoms. The van der Waals surface area contributed by atoms with Crippen LogP contribution in [0.15, 0.2) is 66.0 Å². The molecule has 4 aromatic rings. The highest BCUT2D eigenvalue weighted by Crippen LogP contribution is 2.39. The number of nitrogens with zero attached hydrogens (tertiary/aromatic N) is 1. The number of fused-ring (bicyclic) bond motifs is 3. The molecule has 0 fully saturated rings. The summed E-state index contributed by atoms with van der Waals surface area (Å²) < 4.78 is 5.61. The number of H-pyrrole nitrogens is 1. The maximum Gasteiger partial charge on any atom is 0.264 e. The molecule has 0 saturated carbocycles. The lowest BCUT2D eigenvalue weighted by atomic mass is 9.92. The molecule has 5 rings (SSSR count). The van der Waals surface area contributed by atoms with Gasteiger partial charge in [-0.2, -0.15) is 0 Å². The predicted molar refractivity (Wildman–Crippen MR) is 117 cm³/mol. The zero-order valence-corrected chi connectivity index (χ0v) is 17.0. The van der Waals surface area contributed by atoms with E-state index in [1.54, 1.807) is 0 Å². The number of benzene rings is 2. The molecule has 1 N–H and O–H groups in total. The van der Waals surface area contributed by atoms with Crippen LogP contribution in [-0.4, -0.2) is 28.9 Å². The Morgan fingerprint density at radius 1 is 1.14 bits per heavy atom. The summed E-state index contributed by atoms with van der Waals surface area (Å²) in [6.45, 7) is 3.31. The fourth-order valence-corrected chi connectivity index (χ4v) is 4.94. The van der Waals surface area contributed by atoms with Gasteiger partial charge in [-0.15, -0.1) is 11.3 Å². The number of amides is 1. The van der Waals surface area contributed by atoms with Crippen molar-refractivity contribution in [1.82, 2.24) is 9.88 Å². The SMILES string of the molecule is CCOc1ccc(C2c3[nH]c4ccccc4c3CCN2C(=O)c2cccs2)cc1. The van der Waals surface area contributed by atoms with Crippen molar-refractivity contribution in [3.63, 3.8) is 0 Å². The molecule has 2 aromatic carbocycles. The number of nitrogens with one attached hydrogen (secondary N) is 1. The zero-order chi connectivity index (χ0) is 19.8. The van der Waals surface area contributed by atoms with E-state index in [0.29, 0.717) is 13.2 Å². The maximum atomic E-state index is 13.3. The Hall–Kier alpha value is -3.05. The summed E-state index contributed by atoms with van der Waals surface area (Å²) in [5, 5.41) is 3.21. The fraction of sp³-hybridized carbons (Fsp3) is 0.208. The van der Waals surface area contributed by atoms with Gasteiger partial charge in [0.15, 0.2) is 0 Å². The van der Waals surface area contributed by atoms with Crippen LogP contribution in [0.3, 0.4) is 0 Å². The molecule has 1 amide bonds. The normalized spacial score (nSPS) is 16.0. The molecule has 0 radical (unpaired) electrons. The first-order valence-electron chi connectivity index (χ1n) is 9.93. The number of aromatic nitrogens is 1. The molecular formula is C24H22N2O2S. The third-order valence-corrected chi connectivity index (χ3v) is 6.39. The molecular weight excluding hydrogens is 380 g/mol. The smallest absolute Gasteiger partial charge is 0.264 e. The van der Waals surface area contributed by atoms with E-state index in [1.165, 1.54) is 22.3 Å². The van der Waals surface area contributed by atoms with E-state index in [-0.39, 0.29) is 11.9 Å². The second-order valence-corrected chi connectivity index (χ2v) is 8.14. The van der Waals surface area contributed by atoms with E-state index in [9.17, 15) is 4.79 Å². The van der Waals surface area contributed by atoms with Gasteiger partial charge in [0.25, 0.3) is 5.91 Å².